The third kappa shape index (κ3) is 7.54. The Labute approximate surface area is 113 Å². The first-order chi connectivity index (χ1) is 8.52. The minimum atomic E-state index is 0.607. The fourth-order valence-electron chi connectivity index (χ4n) is 2.07. The molecule has 0 fully saturated rings. The maximum Gasteiger partial charge on any atom is 0.191 e. The van der Waals surface area contributed by atoms with Gasteiger partial charge in [-0.05, 0) is 48.0 Å². The Balaban J connectivity index is 4.03. The van der Waals surface area contributed by atoms with Crippen molar-refractivity contribution in [1.82, 2.24) is 15.5 Å². The molecule has 4 nitrogen and oxygen atoms in total. The SMILES string of the molecule is CCNC(=NCCCN(C(C)C)C(C)C)NCC. The second-order valence-electron chi connectivity index (χ2n) is 5.07. The summed E-state index contributed by atoms with van der Waals surface area (Å²) in [6.07, 6.45) is 1.11. The Morgan fingerprint density at radius 3 is 1.89 bits per heavy atom. The van der Waals surface area contributed by atoms with Gasteiger partial charge in [0, 0.05) is 38.3 Å². The standard InChI is InChI=1S/C14H32N4/c1-7-15-14(16-8-2)17-10-9-11-18(12(3)4)13(5)6/h12-13H,7-11H2,1-6H3,(H2,15,16,17). The van der Waals surface area contributed by atoms with Crippen molar-refractivity contribution >= 4 is 5.96 Å². The van der Waals surface area contributed by atoms with E-state index in [-0.39, 0.29) is 0 Å². The number of nitrogens with one attached hydrogen (secondary N) is 2. The summed E-state index contributed by atoms with van der Waals surface area (Å²) in [5.74, 6) is 0.931. The van der Waals surface area contributed by atoms with Crippen LogP contribution in [0, 0.1) is 0 Å². The summed E-state index contributed by atoms with van der Waals surface area (Å²) in [7, 11) is 0. The Morgan fingerprint density at radius 2 is 1.50 bits per heavy atom. The van der Waals surface area contributed by atoms with E-state index in [0.717, 1.165) is 38.6 Å². The van der Waals surface area contributed by atoms with E-state index in [0.29, 0.717) is 12.1 Å². The van der Waals surface area contributed by atoms with Crippen LogP contribution in [-0.2, 0) is 0 Å². The Kier molecular flexibility index (Phi) is 9.74. The zero-order valence-electron chi connectivity index (χ0n) is 13.1. The van der Waals surface area contributed by atoms with E-state index in [9.17, 15) is 0 Å². The topological polar surface area (TPSA) is 39.7 Å². The minimum Gasteiger partial charge on any atom is -0.357 e. The molecule has 0 saturated heterocycles. The molecule has 18 heavy (non-hydrogen) atoms. The molecular weight excluding hydrogens is 224 g/mol. The molecule has 0 aromatic heterocycles. The van der Waals surface area contributed by atoms with E-state index >= 15 is 0 Å². The number of nitrogens with zero attached hydrogens (tertiary/aromatic N) is 2. The lowest BCUT2D eigenvalue weighted by molar-refractivity contribution is 0.174. The first-order valence-corrected chi connectivity index (χ1v) is 7.30. The molecular formula is C14H32N4. The van der Waals surface area contributed by atoms with Crippen LogP contribution < -0.4 is 10.6 Å². The number of aliphatic imine (C=N–C) groups is 1. The molecule has 0 radical (unpaired) electrons. The Morgan fingerprint density at radius 1 is 1.00 bits per heavy atom. The van der Waals surface area contributed by atoms with Gasteiger partial charge in [-0.25, -0.2) is 0 Å². The van der Waals surface area contributed by atoms with Crippen LogP contribution in [0.2, 0.25) is 0 Å². The zero-order chi connectivity index (χ0) is 14.0. The van der Waals surface area contributed by atoms with Crippen LogP contribution in [0.15, 0.2) is 4.99 Å². The second-order valence-corrected chi connectivity index (χ2v) is 5.07. The van der Waals surface area contributed by atoms with Gasteiger partial charge in [0.25, 0.3) is 0 Å². The quantitative estimate of drug-likeness (QED) is 0.397. The van der Waals surface area contributed by atoms with Gasteiger partial charge in [-0.3, -0.25) is 9.89 Å². The van der Waals surface area contributed by atoms with Crippen molar-refractivity contribution in [1.29, 1.82) is 0 Å². The van der Waals surface area contributed by atoms with Crippen molar-refractivity contribution in [2.75, 3.05) is 26.2 Å². The predicted octanol–water partition coefficient (Wildman–Crippen LogP) is 2.07. The summed E-state index contributed by atoms with van der Waals surface area (Å²) in [5.41, 5.74) is 0. The lowest BCUT2D eigenvalue weighted by Crippen LogP contribution is -2.39. The maximum atomic E-state index is 4.56. The first-order valence-electron chi connectivity index (χ1n) is 7.30. The van der Waals surface area contributed by atoms with Gasteiger partial charge >= 0.3 is 0 Å². The van der Waals surface area contributed by atoms with Crippen molar-refractivity contribution in [2.24, 2.45) is 4.99 Å². The molecule has 0 aromatic rings. The lowest BCUT2D eigenvalue weighted by Gasteiger charge is -2.30. The van der Waals surface area contributed by atoms with Crippen LogP contribution in [0.1, 0.15) is 48.0 Å². The monoisotopic (exact) mass is 256 g/mol. The highest BCUT2D eigenvalue weighted by Crippen LogP contribution is 2.05. The third-order valence-electron chi connectivity index (χ3n) is 2.86. The highest BCUT2D eigenvalue weighted by molar-refractivity contribution is 5.79. The van der Waals surface area contributed by atoms with Crippen molar-refractivity contribution in [3.63, 3.8) is 0 Å². The summed E-state index contributed by atoms with van der Waals surface area (Å²) < 4.78 is 0. The summed E-state index contributed by atoms with van der Waals surface area (Å²) in [6, 6.07) is 1.21. The van der Waals surface area contributed by atoms with Crippen LogP contribution >= 0.6 is 0 Å². The van der Waals surface area contributed by atoms with Gasteiger partial charge in [0.1, 0.15) is 0 Å². The molecule has 0 aliphatic rings. The highest BCUT2D eigenvalue weighted by Gasteiger charge is 2.11. The fourth-order valence-corrected chi connectivity index (χ4v) is 2.07. The molecule has 108 valence electrons. The second kappa shape index (κ2) is 10.2. The van der Waals surface area contributed by atoms with E-state index in [1.807, 2.05) is 0 Å². The van der Waals surface area contributed by atoms with Crippen LogP contribution in [-0.4, -0.2) is 49.1 Å². The summed E-state index contributed by atoms with van der Waals surface area (Å²) in [4.78, 5) is 7.07. The smallest absolute Gasteiger partial charge is 0.191 e. The zero-order valence-corrected chi connectivity index (χ0v) is 13.1. The molecule has 0 saturated carbocycles. The number of rotatable bonds is 8. The summed E-state index contributed by atoms with van der Waals surface area (Å²) in [5, 5.41) is 6.48. The van der Waals surface area contributed by atoms with E-state index in [2.05, 4.69) is 62.1 Å². The van der Waals surface area contributed by atoms with Gasteiger partial charge in [0.2, 0.25) is 0 Å². The molecule has 4 heteroatoms. The fraction of sp³-hybridized carbons (Fsp3) is 0.929. The molecule has 0 aromatic carbocycles. The molecule has 0 aliphatic heterocycles. The molecule has 0 amide bonds. The van der Waals surface area contributed by atoms with Crippen LogP contribution in [0.25, 0.3) is 0 Å². The van der Waals surface area contributed by atoms with E-state index in [1.165, 1.54) is 0 Å². The Hall–Kier alpha value is -0.770. The molecule has 0 heterocycles. The molecule has 0 spiro atoms. The largest absolute Gasteiger partial charge is 0.357 e. The number of hydrogen-bond donors (Lipinski definition) is 2. The van der Waals surface area contributed by atoms with Crippen LogP contribution in [0.3, 0.4) is 0 Å². The van der Waals surface area contributed by atoms with Crippen molar-refractivity contribution in [2.45, 2.75) is 60.0 Å². The van der Waals surface area contributed by atoms with E-state index in [4.69, 9.17) is 0 Å². The van der Waals surface area contributed by atoms with Crippen LogP contribution in [0.4, 0.5) is 0 Å². The maximum absolute atomic E-state index is 4.56. The van der Waals surface area contributed by atoms with Crippen LogP contribution in [0.5, 0.6) is 0 Å². The van der Waals surface area contributed by atoms with Gasteiger partial charge in [0.15, 0.2) is 5.96 Å². The molecule has 0 aliphatic carbocycles. The van der Waals surface area contributed by atoms with Gasteiger partial charge in [0.05, 0.1) is 0 Å². The molecule has 0 bridgehead atoms. The molecule has 2 N–H and O–H groups in total. The predicted molar refractivity (Wildman–Crippen MR) is 81.3 cm³/mol. The molecule has 0 rings (SSSR count). The third-order valence-corrected chi connectivity index (χ3v) is 2.86. The average molecular weight is 256 g/mol. The van der Waals surface area contributed by atoms with Gasteiger partial charge in [-0.1, -0.05) is 0 Å². The number of hydrogen-bond acceptors (Lipinski definition) is 2. The average Bonchev–Trinajstić information content (AvgIpc) is 2.28. The summed E-state index contributed by atoms with van der Waals surface area (Å²) >= 11 is 0. The van der Waals surface area contributed by atoms with Crippen molar-refractivity contribution in [3.8, 4) is 0 Å². The Bertz CT molecular complexity index is 208. The van der Waals surface area contributed by atoms with Gasteiger partial charge < -0.3 is 10.6 Å². The van der Waals surface area contributed by atoms with Crippen molar-refractivity contribution in [3.05, 3.63) is 0 Å². The lowest BCUT2D eigenvalue weighted by atomic mass is 10.2. The highest BCUT2D eigenvalue weighted by atomic mass is 15.2. The van der Waals surface area contributed by atoms with E-state index in [1.54, 1.807) is 0 Å². The minimum absolute atomic E-state index is 0.607. The molecule has 0 unspecified atom stereocenters. The van der Waals surface area contributed by atoms with Gasteiger partial charge in [-0.15, -0.1) is 0 Å². The summed E-state index contributed by atoms with van der Waals surface area (Å²) in [6.45, 7) is 17.0. The van der Waals surface area contributed by atoms with Crippen molar-refractivity contribution < 1.29 is 0 Å². The molecule has 0 atom stereocenters. The normalized spacial score (nSPS) is 11.2. The first kappa shape index (κ1) is 17.2. The number of guanidine groups is 1. The van der Waals surface area contributed by atoms with Gasteiger partial charge in [-0.2, -0.15) is 0 Å². The van der Waals surface area contributed by atoms with E-state index < -0.39 is 0 Å².